The maximum absolute atomic E-state index is 9.58. The third-order valence-corrected chi connectivity index (χ3v) is 3.37. The largest absolute Gasteiger partial charge is 0.394 e. The zero-order chi connectivity index (χ0) is 11.4. The predicted octanol–water partition coefficient (Wildman–Crippen LogP) is -1.29. The predicted molar refractivity (Wildman–Crippen MR) is 56.4 cm³/mol. The lowest BCUT2D eigenvalue weighted by Gasteiger charge is -2.39. The van der Waals surface area contributed by atoms with Crippen molar-refractivity contribution >= 4 is 11.8 Å². The summed E-state index contributed by atoms with van der Waals surface area (Å²) in [6, 6.07) is 0. The molecule has 0 unspecified atom stereocenters. The first kappa shape index (κ1) is 13.0. The highest BCUT2D eigenvalue weighted by molar-refractivity contribution is 7.99. The lowest BCUT2D eigenvalue weighted by molar-refractivity contribution is -0.205. The SMILES string of the molecule is C=CCS[C@@H]1O[C@H](CO)[C@H](O)[C@H](O)[C@H]1O. The monoisotopic (exact) mass is 236 g/mol. The second kappa shape index (κ2) is 5.83. The first-order valence-electron chi connectivity index (χ1n) is 4.64. The molecule has 1 rings (SSSR count). The summed E-state index contributed by atoms with van der Waals surface area (Å²) < 4.78 is 5.24. The van der Waals surface area contributed by atoms with Gasteiger partial charge < -0.3 is 25.2 Å². The highest BCUT2D eigenvalue weighted by Gasteiger charge is 2.43. The second-order valence-corrected chi connectivity index (χ2v) is 4.45. The molecule has 1 aliphatic heterocycles. The Morgan fingerprint density at radius 2 is 1.87 bits per heavy atom. The van der Waals surface area contributed by atoms with E-state index in [0.717, 1.165) is 0 Å². The van der Waals surface area contributed by atoms with E-state index in [2.05, 4.69) is 6.58 Å². The number of hydrogen-bond acceptors (Lipinski definition) is 6. The van der Waals surface area contributed by atoms with Gasteiger partial charge in [-0.25, -0.2) is 0 Å². The van der Waals surface area contributed by atoms with Gasteiger partial charge in [-0.05, 0) is 0 Å². The van der Waals surface area contributed by atoms with Gasteiger partial charge in [0.1, 0.15) is 29.9 Å². The van der Waals surface area contributed by atoms with Gasteiger partial charge in [0, 0.05) is 5.75 Å². The number of hydrogen-bond donors (Lipinski definition) is 4. The first-order chi connectivity index (χ1) is 7.11. The van der Waals surface area contributed by atoms with Crippen LogP contribution in [0.2, 0.25) is 0 Å². The fraction of sp³-hybridized carbons (Fsp3) is 0.778. The molecule has 0 aromatic rings. The molecule has 15 heavy (non-hydrogen) atoms. The van der Waals surface area contributed by atoms with Crippen LogP contribution >= 0.6 is 11.8 Å². The first-order valence-corrected chi connectivity index (χ1v) is 5.69. The third-order valence-electron chi connectivity index (χ3n) is 2.23. The van der Waals surface area contributed by atoms with Crippen LogP contribution < -0.4 is 0 Å². The molecule has 0 amide bonds. The molecule has 5 atom stereocenters. The Morgan fingerprint density at radius 3 is 2.40 bits per heavy atom. The Hall–Kier alpha value is -0.110. The van der Waals surface area contributed by atoms with E-state index in [1.165, 1.54) is 11.8 Å². The van der Waals surface area contributed by atoms with E-state index in [9.17, 15) is 15.3 Å². The van der Waals surface area contributed by atoms with Gasteiger partial charge in [-0.3, -0.25) is 0 Å². The van der Waals surface area contributed by atoms with Crippen molar-refractivity contribution in [2.75, 3.05) is 12.4 Å². The van der Waals surface area contributed by atoms with E-state index in [1.807, 2.05) is 0 Å². The topological polar surface area (TPSA) is 90.2 Å². The highest BCUT2D eigenvalue weighted by Crippen LogP contribution is 2.28. The van der Waals surface area contributed by atoms with Crippen LogP contribution in [0.1, 0.15) is 0 Å². The van der Waals surface area contributed by atoms with Crippen molar-refractivity contribution < 1.29 is 25.2 Å². The minimum Gasteiger partial charge on any atom is -0.394 e. The molecular weight excluding hydrogens is 220 g/mol. The Morgan fingerprint density at radius 1 is 1.20 bits per heavy atom. The molecule has 0 aromatic carbocycles. The molecule has 0 spiro atoms. The van der Waals surface area contributed by atoms with Crippen LogP contribution in [0.25, 0.3) is 0 Å². The van der Waals surface area contributed by atoms with Gasteiger partial charge in [-0.2, -0.15) is 0 Å². The number of aliphatic hydroxyl groups is 4. The molecule has 4 N–H and O–H groups in total. The molecule has 1 fully saturated rings. The van der Waals surface area contributed by atoms with E-state index in [1.54, 1.807) is 6.08 Å². The zero-order valence-corrected chi connectivity index (χ0v) is 9.01. The van der Waals surface area contributed by atoms with Gasteiger partial charge in [0.15, 0.2) is 0 Å². The third kappa shape index (κ3) is 2.93. The fourth-order valence-corrected chi connectivity index (χ4v) is 2.27. The summed E-state index contributed by atoms with van der Waals surface area (Å²) in [7, 11) is 0. The number of rotatable bonds is 4. The lowest BCUT2D eigenvalue weighted by Crippen LogP contribution is -2.57. The van der Waals surface area contributed by atoms with Crippen molar-refractivity contribution in [3.05, 3.63) is 12.7 Å². The van der Waals surface area contributed by atoms with Gasteiger partial charge in [0.25, 0.3) is 0 Å². The van der Waals surface area contributed by atoms with Gasteiger partial charge in [0.05, 0.1) is 6.61 Å². The maximum atomic E-state index is 9.58. The smallest absolute Gasteiger partial charge is 0.132 e. The van der Waals surface area contributed by atoms with Crippen molar-refractivity contribution in [2.45, 2.75) is 29.9 Å². The summed E-state index contributed by atoms with van der Waals surface area (Å²) in [5.41, 5.74) is -0.654. The Kier molecular flexibility index (Phi) is 5.04. The van der Waals surface area contributed by atoms with Crippen molar-refractivity contribution in [3.63, 3.8) is 0 Å². The minimum absolute atomic E-state index is 0.393. The highest BCUT2D eigenvalue weighted by atomic mass is 32.2. The molecule has 0 aliphatic carbocycles. The number of ether oxygens (including phenoxy) is 1. The summed E-state index contributed by atoms with van der Waals surface area (Å²) in [5, 5.41) is 37.4. The molecule has 0 aromatic heterocycles. The summed E-state index contributed by atoms with van der Waals surface area (Å²) in [6.07, 6.45) is -2.92. The summed E-state index contributed by atoms with van der Waals surface area (Å²) in [6.45, 7) is 3.13. The van der Waals surface area contributed by atoms with Crippen molar-refractivity contribution in [1.82, 2.24) is 0 Å². The van der Waals surface area contributed by atoms with Gasteiger partial charge in [0.2, 0.25) is 0 Å². The van der Waals surface area contributed by atoms with Gasteiger partial charge in [-0.15, -0.1) is 18.3 Å². The van der Waals surface area contributed by atoms with E-state index in [4.69, 9.17) is 9.84 Å². The van der Waals surface area contributed by atoms with Crippen LogP contribution in [-0.2, 0) is 4.74 Å². The van der Waals surface area contributed by atoms with Crippen LogP contribution in [0.5, 0.6) is 0 Å². The average Bonchev–Trinajstić information content (AvgIpc) is 2.25. The van der Waals surface area contributed by atoms with Gasteiger partial charge in [-0.1, -0.05) is 6.08 Å². The molecule has 1 saturated heterocycles. The van der Waals surface area contributed by atoms with Crippen LogP contribution in [0.3, 0.4) is 0 Å². The van der Waals surface area contributed by atoms with Crippen LogP contribution in [-0.4, -0.2) is 62.6 Å². The number of thioether (sulfide) groups is 1. The Bertz CT molecular complexity index is 211. The van der Waals surface area contributed by atoms with E-state index >= 15 is 0 Å². The molecular formula is C9H16O5S. The normalized spacial score (nSPS) is 41.5. The average molecular weight is 236 g/mol. The minimum atomic E-state index is -1.29. The molecule has 0 radical (unpaired) electrons. The fourth-order valence-electron chi connectivity index (χ4n) is 1.37. The molecule has 6 heteroatoms. The van der Waals surface area contributed by atoms with Crippen molar-refractivity contribution in [1.29, 1.82) is 0 Å². The van der Waals surface area contributed by atoms with E-state index < -0.39 is 36.5 Å². The summed E-state index contributed by atoms with van der Waals surface area (Å²) in [5.74, 6) is 0.558. The van der Waals surface area contributed by atoms with Crippen LogP contribution in [0, 0.1) is 0 Å². The second-order valence-electron chi connectivity index (χ2n) is 3.32. The molecule has 88 valence electrons. The Balaban J connectivity index is 2.60. The van der Waals surface area contributed by atoms with Crippen molar-refractivity contribution in [3.8, 4) is 0 Å². The molecule has 1 heterocycles. The van der Waals surface area contributed by atoms with Gasteiger partial charge >= 0.3 is 0 Å². The summed E-state index contributed by atoms with van der Waals surface area (Å²) >= 11 is 1.26. The standard InChI is InChI=1S/C9H16O5S/c1-2-3-15-9-8(13)7(12)6(11)5(4-10)14-9/h2,5-13H,1,3-4H2/t5-,6+,7+,8-,9+/m1/s1. The molecule has 0 saturated carbocycles. The van der Waals surface area contributed by atoms with Crippen LogP contribution in [0.15, 0.2) is 12.7 Å². The summed E-state index contributed by atoms with van der Waals surface area (Å²) in [4.78, 5) is 0. The molecule has 0 bridgehead atoms. The Labute approximate surface area is 92.4 Å². The van der Waals surface area contributed by atoms with E-state index in [0.29, 0.717) is 5.75 Å². The maximum Gasteiger partial charge on any atom is 0.132 e. The van der Waals surface area contributed by atoms with Crippen molar-refractivity contribution in [2.24, 2.45) is 0 Å². The quantitative estimate of drug-likeness (QED) is 0.454. The zero-order valence-electron chi connectivity index (χ0n) is 8.19. The molecule has 1 aliphatic rings. The van der Waals surface area contributed by atoms with E-state index in [-0.39, 0.29) is 0 Å². The van der Waals surface area contributed by atoms with Crippen LogP contribution in [0.4, 0.5) is 0 Å². The number of aliphatic hydroxyl groups excluding tert-OH is 4. The molecule has 5 nitrogen and oxygen atoms in total. The lowest BCUT2D eigenvalue weighted by atomic mass is 10.0.